The van der Waals surface area contributed by atoms with Gasteiger partial charge >= 0.3 is 34.7 Å². The van der Waals surface area contributed by atoms with Crippen LogP contribution in [0.3, 0.4) is 0 Å². The quantitative estimate of drug-likeness (QED) is 0.147. The third-order valence-corrected chi connectivity index (χ3v) is 6.11. The summed E-state index contributed by atoms with van der Waals surface area (Å²) in [5.41, 5.74) is 0. The van der Waals surface area contributed by atoms with Crippen LogP contribution in [0.4, 0.5) is 46.5 Å². The Bertz CT molecular complexity index is 1600. The molecule has 0 aromatic carbocycles. The molecule has 8 aromatic rings. The largest absolute Gasteiger partial charge is 2.00 e. The second kappa shape index (κ2) is 25.4. The first-order valence-corrected chi connectivity index (χ1v) is 16.0. The van der Waals surface area contributed by atoms with E-state index in [2.05, 4.69) is 61.1 Å². The van der Waals surface area contributed by atoms with Gasteiger partial charge in [-0.15, -0.1) is 0 Å². The summed E-state index contributed by atoms with van der Waals surface area (Å²) in [4.78, 5) is 32.5. The second-order valence-corrected chi connectivity index (χ2v) is 9.95. The van der Waals surface area contributed by atoms with Crippen LogP contribution in [-0.2, 0) is 34.7 Å². The standard InChI is InChI=1S/4C10H8N3.2Cr/c4*1-3-7-11-9(5-1)13-10-6-2-4-8-12-10;;/h4*1-8H;;/q4*-1;2*+2. The number of hydrogen-bond donors (Lipinski definition) is 0. The van der Waals surface area contributed by atoms with Crippen molar-refractivity contribution in [2.75, 3.05) is 0 Å². The van der Waals surface area contributed by atoms with Crippen molar-refractivity contribution in [3.05, 3.63) is 216 Å². The number of rotatable bonds is 8. The zero-order valence-electron chi connectivity index (χ0n) is 28.7. The molecule has 0 amide bonds. The first kappa shape index (κ1) is 41.9. The van der Waals surface area contributed by atoms with Gasteiger partial charge in [0, 0.05) is 46.5 Å². The molecule has 0 aliphatic rings. The van der Waals surface area contributed by atoms with Crippen molar-refractivity contribution < 1.29 is 34.7 Å². The van der Waals surface area contributed by atoms with Gasteiger partial charge in [0.1, 0.15) is 0 Å². The smallest absolute Gasteiger partial charge is 0.369 e. The third kappa shape index (κ3) is 16.7. The molecule has 0 aliphatic carbocycles. The summed E-state index contributed by atoms with van der Waals surface area (Å²) < 4.78 is 0. The fraction of sp³-hybridized carbons (Fsp3) is 0. The SMILES string of the molecule is [Cr+2].[Cr+2].c1ccc([N-]c2ccccn2)nc1.c1ccc([N-]c2ccccn2)nc1.c1ccc([N-]c2ccccn2)nc1.c1ccc([N-]c2ccccn2)nc1. The van der Waals surface area contributed by atoms with Crippen LogP contribution in [0.15, 0.2) is 195 Å². The average molecular weight is 785 g/mol. The predicted octanol–water partition coefficient (Wildman–Crippen LogP) is 11.2. The van der Waals surface area contributed by atoms with Gasteiger partial charge in [-0.05, 0) is 98.1 Å². The summed E-state index contributed by atoms with van der Waals surface area (Å²) in [7, 11) is 0. The van der Waals surface area contributed by atoms with E-state index in [1.54, 1.807) is 49.6 Å². The molecule has 54 heavy (non-hydrogen) atoms. The second-order valence-electron chi connectivity index (χ2n) is 9.95. The first-order chi connectivity index (χ1) is 25.8. The topological polar surface area (TPSA) is 160 Å². The van der Waals surface area contributed by atoms with E-state index in [1.165, 1.54) is 0 Å². The Morgan fingerprint density at radius 2 is 0.333 bits per heavy atom. The van der Waals surface area contributed by atoms with Gasteiger partial charge in [0.05, 0.1) is 0 Å². The summed E-state index contributed by atoms with van der Waals surface area (Å²) in [6.07, 6.45) is 13.7. The van der Waals surface area contributed by atoms with Crippen molar-refractivity contribution in [1.29, 1.82) is 0 Å². The van der Waals surface area contributed by atoms with Gasteiger partial charge in [-0.1, -0.05) is 97.1 Å². The van der Waals surface area contributed by atoms with Crippen LogP contribution < -0.4 is 0 Å². The van der Waals surface area contributed by atoms with Gasteiger partial charge in [-0.3, -0.25) is 0 Å². The van der Waals surface area contributed by atoms with E-state index in [0.29, 0.717) is 46.5 Å². The third-order valence-electron chi connectivity index (χ3n) is 6.11. The average Bonchev–Trinajstić information content (AvgIpc) is 3.22. The van der Waals surface area contributed by atoms with E-state index < -0.39 is 0 Å². The summed E-state index contributed by atoms with van der Waals surface area (Å²) >= 11 is 0. The summed E-state index contributed by atoms with van der Waals surface area (Å²) in [6.45, 7) is 0. The fourth-order valence-corrected chi connectivity index (χ4v) is 3.83. The molecule has 8 aromatic heterocycles. The Labute approximate surface area is 336 Å². The molecular weight excluding hydrogens is 753 g/mol. The molecule has 14 heteroatoms. The minimum atomic E-state index is 0. The minimum absolute atomic E-state index is 0. The van der Waals surface area contributed by atoms with Crippen LogP contribution in [-0.4, -0.2) is 39.9 Å². The van der Waals surface area contributed by atoms with Crippen LogP contribution in [0.25, 0.3) is 21.3 Å². The van der Waals surface area contributed by atoms with Crippen LogP contribution in [0.5, 0.6) is 0 Å². The molecule has 0 unspecified atom stereocenters. The predicted molar refractivity (Wildman–Crippen MR) is 205 cm³/mol. The summed E-state index contributed by atoms with van der Waals surface area (Å²) in [5.74, 6) is 5.45. The molecule has 0 spiro atoms. The van der Waals surface area contributed by atoms with Crippen molar-refractivity contribution in [3.63, 3.8) is 0 Å². The van der Waals surface area contributed by atoms with E-state index in [-0.39, 0.29) is 34.7 Å². The Kier molecular flexibility index (Phi) is 19.7. The molecule has 0 radical (unpaired) electrons. The minimum Gasteiger partial charge on any atom is -0.369 e. The molecule has 0 N–H and O–H groups in total. The fourth-order valence-electron chi connectivity index (χ4n) is 3.83. The molecule has 8 heterocycles. The molecule has 0 fully saturated rings. The van der Waals surface area contributed by atoms with E-state index in [4.69, 9.17) is 0 Å². The van der Waals surface area contributed by atoms with Gasteiger partial charge in [-0.2, -0.15) is 0 Å². The van der Waals surface area contributed by atoms with Gasteiger partial charge in [0.15, 0.2) is 0 Å². The van der Waals surface area contributed by atoms with Crippen LogP contribution in [0.2, 0.25) is 0 Å². The molecule has 12 nitrogen and oxygen atoms in total. The van der Waals surface area contributed by atoms with Gasteiger partial charge < -0.3 is 61.1 Å². The zero-order valence-corrected chi connectivity index (χ0v) is 31.2. The Morgan fingerprint density at radius 3 is 0.426 bits per heavy atom. The molecule has 0 bridgehead atoms. The molecule has 0 saturated heterocycles. The maximum atomic E-state index is 4.22. The zero-order chi connectivity index (χ0) is 35.7. The normalized spacial score (nSPS) is 9.19. The molecule has 8 rings (SSSR count). The van der Waals surface area contributed by atoms with Crippen LogP contribution >= 0.6 is 0 Å². The monoisotopic (exact) mass is 784 g/mol. The maximum absolute atomic E-state index is 4.22. The molecular formula is C40H32Cr2N12. The molecule has 0 aliphatic heterocycles. The van der Waals surface area contributed by atoms with Gasteiger partial charge in [-0.25, -0.2) is 0 Å². The van der Waals surface area contributed by atoms with Crippen molar-refractivity contribution in [3.8, 4) is 0 Å². The van der Waals surface area contributed by atoms with E-state index in [1.807, 2.05) is 146 Å². The molecule has 0 saturated carbocycles. The van der Waals surface area contributed by atoms with Crippen molar-refractivity contribution >= 4 is 46.5 Å². The molecule has 0 atom stereocenters. The number of pyridine rings is 8. The Morgan fingerprint density at radius 1 is 0.204 bits per heavy atom. The van der Waals surface area contributed by atoms with Gasteiger partial charge in [0.2, 0.25) is 0 Å². The van der Waals surface area contributed by atoms with Crippen LogP contribution in [0.1, 0.15) is 0 Å². The van der Waals surface area contributed by atoms with Crippen molar-refractivity contribution in [2.24, 2.45) is 0 Å². The number of hydrogen-bond acceptors (Lipinski definition) is 8. The van der Waals surface area contributed by atoms with Crippen molar-refractivity contribution in [2.45, 2.75) is 0 Å². The number of aromatic nitrogens is 8. The van der Waals surface area contributed by atoms with Crippen LogP contribution in [0, 0.1) is 0 Å². The Balaban J connectivity index is 0.000000191. The summed E-state index contributed by atoms with van der Waals surface area (Å²) in [5, 5.41) is 16.9. The van der Waals surface area contributed by atoms with Gasteiger partial charge in [0.25, 0.3) is 0 Å². The van der Waals surface area contributed by atoms with E-state index in [9.17, 15) is 0 Å². The van der Waals surface area contributed by atoms with E-state index >= 15 is 0 Å². The molecule has 264 valence electrons. The maximum Gasteiger partial charge on any atom is 2.00 e. The Hall–Kier alpha value is -6.54. The van der Waals surface area contributed by atoms with E-state index in [0.717, 1.165) is 0 Å². The summed E-state index contributed by atoms with van der Waals surface area (Å²) in [6, 6.07) is 44.8. The first-order valence-electron chi connectivity index (χ1n) is 16.0. The number of nitrogens with zero attached hydrogens (tertiary/aromatic N) is 12. The van der Waals surface area contributed by atoms with Crippen molar-refractivity contribution in [1.82, 2.24) is 39.9 Å².